The Morgan fingerprint density at radius 3 is 2.45 bits per heavy atom. The van der Waals surface area contributed by atoms with E-state index in [2.05, 4.69) is 4.90 Å². The topological polar surface area (TPSA) is 59.0 Å². The first-order valence-electron chi connectivity index (χ1n) is 10.2. The number of likely N-dealkylation sites (tertiary alicyclic amines) is 1. The number of hydrogen-bond donors (Lipinski definition) is 1. The molecule has 0 spiro atoms. The molecule has 0 amide bonds. The van der Waals surface area contributed by atoms with Crippen LogP contribution in [0.4, 0.5) is 4.39 Å². The number of carboxylic acid groups (broad SMARTS) is 1. The molecular formula is C23H24Cl2FNO4. The third kappa shape index (κ3) is 5.14. The maximum Gasteiger partial charge on any atom is 0.338 e. The van der Waals surface area contributed by atoms with E-state index in [1.54, 1.807) is 13.2 Å². The van der Waals surface area contributed by atoms with Gasteiger partial charge in [0.15, 0.2) is 0 Å². The van der Waals surface area contributed by atoms with Gasteiger partial charge in [0, 0.05) is 42.2 Å². The van der Waals surface area contributed by atoms with Gasteiger partial charge < -0.3 is 14.6 Å². The Labute approximate surface area is 190 Å². The number of ether oxygens (including phenoxy) is 2. The molecule has 2 aliphatic rings. The van der Waals surface area contributed by atoms with Crippen molar-refractivity contribution in [3.8, 4) is 5.75 Å². The Morgan fingerprint density at radius 1 is 1.19 bits per heavy atom. The minimum absolute atomic E-state index is 0.0340. The van der Waals surface area contributed by atoms with Crippen LogP contribution in [0.1, 0.15) is 46.3 Å². The molecule has 1 atom stereocenters. The number of nitrogens with zero attached hydrogens (tertiary/aromatic N) is 1. The van der Waals surface area contributed by atoms with Gasteiger partial charge in [0.1, 0.15) is 11.6 Å². The second kappa shape index (κ2) is 9.33. The quantitative estimate of drug-likeness (QED) is 0.534. The summed E-state index contributed by atoms with van der Waals surface area (Å²) in [5, 5.41) is 10.4. The lowest BCUT2D eigenvalue weighted by molar-refractivity contribution is -0.00582. The van der Waals surface area contributed by atoms with Crippen molar-refractivity contribution in [1.29, 1.82) is 0 Å². The highest BCUT2D eigenvalue weighted by molar-refractivity contribution is 6.34. The third-order valence-electron chi connectivity index (χ3n) is 5.84. The summed E-state index contributed by atoms with van der Waals surface area (Å²) in [6.07, 6.45) is 1.94. The molecule has 1 aliphatic heterocycles. The van der Waals surface area contributed by atoms with Crippen molar-refractivity contribution in [2.45, 2.75) is 24.8 Å². The van der Waals surface area contributed by atoms with E-state index in [0.717, 1.165) is 37.1 Å². The number of hydrogen-bond acceptors (Lipinski definition) is 4. The molecule has 1 saturated heterocycles. The van der Waals surface area contributed by atoms with Crippen molar-refractivity contribution in [2.75, 3.05) is 33.4 Å². The van der Waals surface area contributed by atoms with Crippen LogP contribution in [0.5, 0.6) is 5.75 Å². The summed E-state index contributed by atoms with van der Waals surface area (Å²) in [6.45, 7) is 2.55. The number of carbonyl (C=O) groups is 1. The number of rotatable bonds is 9. The Balaban J connectivity index is 1.40. The van der Waals surface area contributed by atoms with Crippen LogP contribution >= 0.6 is 23.2 Å². The molecule has 2 aromatic carbocycles. The van der Waals surface area contributed by atoms with Gasteiger partial charge >= 0.3 is 5.97 Å². The number of benzene rings is 2. The van der Waals surface area contributed by atoms with E-state index in [9.17, 15) is 14.3 Å². The minimum Gasteiger partial charge on any atom is -0.493 e. The summed E-state index contributed by atoms with van der Waals surface area (Å²) in [5.41, 5.74) is 1.49. The highest BCUT2D eigenvalue weighted by Gasteiger charge is 2.35. The second-order valence-electron chi connectivity index (χ2n) is 8.25. The first-order valence-corrected chi connectivity index (χ1v) is 11.0. The van der Waals surface area contributed by atoms with Crippen LogP contribution in [0.15, 0.2) is 30.3 Å². The van der Waals surface area contributed by atoms with Gasteiger partial charge in [-0.25, -0.2) is 9.18 Å². The Hall–Kier alpha value is -1.86. The van der Waals surface area contributed by atoms with Crippen LogP contribution in [0, 0.1) is 11.7 Å². The maximum absolute atomic E-state index is 14.2. The lowest BCUT2D eigenvalue weighted by Crippen LogP contribution is -2.51. The fraction of sp³-hybridized carbons (Fsp3) is 0.435. The Morgan fingerprint density at radius 2 is 1.87 bits per heavy atom. The number of methoxy groups -OCH3 is 1. The molecule has 1 aliphatic carbocycles. The summed E-state index contributed by atoms with van der Waals surface area (Å²) in [7, 11) is 1.66. The molecule has 0 bridgehead atoms. The molecule has 4 rings (SSSR count). The predicted molar refractivity (Wildman–Crippen MR) is 117 cm³/mol. The SMILES string of the molecule is COCC(c1cc(Cl)cc(Cl)c1)N1CC(COc2cc(F)c(C(=O)O)cc2C2CC2)C1. The molecule has 5 nitrogen and oxygen atoms in total. The summed E-state index contributed by atoms with van der Waals surface area (Å²) >= 11 is 12.3. The Bertz CT molecular complexity index is 956. The normalized spacial score (nSPS) is 17.9. The monoisotopic (exact) mass is 467 g/mol. The molecule has 0 aromatic heterocycles. The molecular weight excluding hydrogens is 444 g/mol. The van der Waals surface area contributed by atoms with Crippen LogP contribution in [-0.2, 0) is 4.74 Å². The molecule has 8 heteroatoms. The predicted octanol–water partition coefficient (Wildman–Crippen LogP) is 5.41. The second-order valence-corrected chi connectivity index (χ2v) is 9.13. The van der Waals surface area contributed by atoms with E-state index in [1.807, 2.05) is 12.1 Å². The first-order chi connectivity index (χ1) is 14.9. The van der Waals surface area contributed by atoms with Gasteiger partial charge in [-0.1, -0.05) is 23.2 Å². The van der Waals surface area contributed by atoms with E-state index in [0.29, 0.717) is 29.0 Å². The van der Waals surface area contributed by atoms with E-state index >= 15 is 0 Å². The van der Waals surface area contributed by atoms with Gasteiger partial charge in [-0.3, -0.25) is 4.90 Å². The van der Waals surface area contributed by atoms with Crippen molar-refractivity contribution in [1.82, 2.24) is 4.90 Å². The van der Waals surface area contributed by atoms with Crippen LogP contribution < -0.4 is 4.74 Å². The molecule has 0 radical (unpaired) electrons. The molecule has 1 unspecified atom stereocenters. The summed E-state index contributed by atoms with van der Waals surface area (Å²) in [6, 6.07) is 8.18. The smallest absolute Gasteiger partial charge is 0.338 e. The van der Waals surface area contributed by atoms with Crippen molar-refractivity contribution < 1.29 is 23.8 Å². The fourth-order valence-electron chi connectivity index (χ4n) is 4.09. The van der Waals surface area contributed by atoms with Crippen LogP contribution in [0.3, 0.4) is 0 Å². The average Bonchev–Trinajstić information content (AvgIpc) is 3.50. The van der Waals surface area contributed by atoms with Crippen LogP contribution in [-0.4, -0.2) is 49.4 Å². The average molecular weight is 468 g/mol. The van der Waals surface area contributed by atoms with Gasteiger partial charge in [0.2, 0.25) is 0 Å². The van der Waals surface area contributed by atoms with Crippen LogP contribution in [0.2, 0.25) is 10.0 Å². The van der Waals surface area contributed by atoms with E-state index in [4.69, 9.17) is 32.7 Å². The van der Waals surface area contributed by atoms with Gasteiger partial charge in [0.25, 0.3) is 0 Å². The highest BCUT2D eigenvalue weighted by atomic mass is 35.5. The summed E-state index contributed by atoms with van der Waals surface area (Å²) < 4.78 is 25.5. The summed E-state index contributed by atoms with van der Waals surface area (Å²) in [5.74, 6) is -1.03. The molecule has 1 saturated carbocycles. The molecule has 31 heavy (non-hydrogen) atoms. The van der Waals surface area contributed by atoms with Crippen molar-refractivity contribution in [3.63, 3.8) is 0 Å². The minimum atomic E-state index is -1.26. The van der Waals surface area contributed by atoms with E-state index in [-0.39, 0.29) is 23.4 Å². The number of aromatic carboxylic acids is 1. The third-order valence-corrected chi connectivity index (χ3v) is 6.28. The fourth-order valence-corrected chi connectivity index (χ4v) is 4.63. The van der Waals surface area contributed by atoms with Gasteiger partial charge in [-0.05, 0) is 54.2 Å². The summed E-state index contributed by atoms with van der Waals surface area (Å²) in [4.78, 5) is 13.5. The highest BCUT2D eigenvalue weighted by Crippen LogP contribution is 2.45. The molecule has 1 heterocycles. The van der Waals surface area contributed by atoms with Gasteiger partial charge in [-0.15, -0.1) is 0 Å². The van der Waals surface area contributed by atoms with Gasteiger partial charge in [-0.2, -0.15) is 0 Å². The van der Waals surface area contributed by atoms with E-state index < -0.39 is 11.8 Å². The maximum atomic E-state index is 14.2. The molecule has 2 aromatic rings. The van der Waals surface area contributed by atoms with Crippen molar-refractivity contribution >= 4 is 29.2 Å². The molecule has 1 N–H and O–H groups in total. The zero-order chi connectivity index (χ0) is 22.1. The largest absolute Gasteiger partial charge is 0.493 e. The Kier molecular flexibility index (Phi) is 6.72. The van der Waals surface area contributed by atoms with E-state index in [1.165, 1.54) is 12.1 Å². The zero-order valence-corrected chi connectivity index (χ0v) is 18.6. The molecule has 2 fully saturated rings. The van der Waals surface area contributed by atoms with Crippen LogP contribution in [0.25, 0.3) is 0 Å². The molecule has 166 valence electrons. The van der Waals surface area contributed by atoms with Crippen molar-refractivity contribution in [2.24, 2.45) is 5.92 Å². The standard InChI is InChI=1S/C23H24Cl2FNO4/c1-30-12-21(15-4-16(24)6-17(25)5-15)27-9-13(10-27)11-31-22-8-20(26)19(23(28)29)7-18(22)14-2-3-14/h4-8,13-14,21H,2-3,9-12H2,1H3,(H,28,29). The lowest BCUT2D eigenvalue weighted by atomic mass is 9.95. The lowest BCUT2D eigenvalue weighted by Gasteiger charge is -2.44. The first kappa shape index (κ1) is 22.3. The number of halogens is 3. The zero-order valence-electron chi connectivity index (χ0n) is 17.1. The number of carboxylic acids is 1. The van der Waals surface area contributed by atoms with Crippen molar-refractivity contribution in [3.05, 3.63) is 62.9 Å². The van der Waals surface area contributed by atoms with Gasteiger partial charge in [0.05, 0.1) is 24.8 Å².